The van der Waals surface area contributed by atoms with Gasteiger partial charge in [-0.1, -0.05) is 30.9 Å². The third kappa shape index (κ3) is 9.19. The van der Waals surface area contributed by atoms with E-state index in [9.17, 15) is 9.90 Å². The van der Waals surface area contributed by atoms with Gasteiger partial charge in [0.15, 0.2) is 0 Å². The fourth-order valence-corrected chi connectivity index (χ4v) is 2.07. The second-order valence-electron chi connectivity index (χ2n) is 5.38. The van der Waals surface area contributed by atoms with Crippen LogP contribution in [0.25, 0.3) is 0 Å². The van der Waals surface area contributed by atoms with Crippen LogP contribution in [0.4, 0.5) is 0 Å². The van der Waals surface area contributed by atoms with Crippen LogP contribution < -0.4 is 4.74 Å². The molecule has 0 aliphatic rings. The Labute approximate surface area is 143 Å². The van der Waals surface area contributed by atoms with Crippen molar-refractivity contribution in [3.63, 3.8) is 0 Å². The van der Waals surface area contributed by atoms with E-state index in [2.05, 4.69) is 16.6 Å². The van der Waals surface area contributed by atoms with Crippen LogP contribution >= 0.6 is 0 Å². The Bertz CT molecular complexity index is 527. The lowest BCUT2D eigenvalue weighted by Crippen LogP contribution is -2.04. The van der Waals surface area contributed by atoms with Crippen LogP contribution in [0.5, 0.6) is 5.75 Å². The highest BCUT2D eigenvalue weighted by Gasteiger charge is 2.00. The number of rotatable bonds is 10. The highest BCUT2D eigenvalue weighted by molar-refractivity contribution is 5.88. The maximum Gasteiger partial charge on any atom is 0.384 e. The first kappa shape index (κ1) is 20.0. The van der Waals surface area contributed by atoms with Gasteiger partial charge >= 0.3 is 5.97 Å². The summed E-state index contributed by atoms with van der Waals surface area (Å²) < 4.78 is 15.1. The molecule has 0 heterocycles. The molecule has 0 saturated carbocycles. The molecule has 24 heavy (non-hydrogen) atoms. The quantitative estimate of drug-likeness (QED) is 0.308. The molecule has 0 bridgehead atoms. The first-order chi connectivity index (χ1) is 11.7. The number of esters is 1. The second kappa shape index (κ2) is 12.4. The van der Waals surface area contributed by atoms with Gasteiger partial charge in [0.05, 0.1) is 20.8 Å². The first-order valence-electron chi connectivity index (χ1n) is 8.14. The molecule has 0 saturated heterocycles. The maximum atomic E-state index is 10.8. The van der Waals surface area contributed by atoms with Gasteiger partial charge in [-0.2, -0.15) is 0 Å². The molecule has 1 rings (SSSR count). The SMILES string of the molecule is COC(=O)C#C[C@@H](O)CCCCCCOCc1ccc(OC)cc1. The van der Waals surface area contributed by atoms with E-state index >= 15 is 0 Å². The van der Waals surface area contributed by atoms with Gasteiger partial charge in [0.2, 0.25) is 0 Å². The average molecular weight is 334 g/mol. The van der Waals surface area contributed by atoms with Gasteiger partial charge in [0, 0.05) is 12.5 Å². The number of hydrogen-bond acceptors (Lipinski definition) is 5. The van der Waals surface area contributed by atoms with E-state index in [4.69, 9.17) is 9.47 Å². The van der Waals surface area contributed by atoms with Crippen molar-refractivity contribution in [3.05, 3.63) is 29.8 Å². The van der Waals surface area contributed by atoms with E-state index in [1.165, 1.54) is 7.11 Å². The summed E-state index contributed by atoms with van der Waals surface area (Å²) in [4.78, 5) is 10.8. The number of unbranched alkanes of at least 4 members (excludes halogenated alkanes) is 3. The minimum Gasteiger partial charge on any atom is -0.497 e. The zero-order valence-corrected chi connectivity index (χ0v) is 14.4. The lowest BCUT2D eigenvalue weighted by Gasteiger charge is -2.06. The Morgan fingerprint density at radius 1 is 1.12 bits per heavy atom. The summed E-state index contributed by atoms with van der Waals surface area (Å²) >= 11 is 0. The number of ether oxygens (including phenoxy) is 3. The lowest BCUT2D eigenvalue weighted by molar-refractivity contribution is -0.133. The molecule has 5 nitrogen and oxygen atoms in total. The predicted octanol–water partition coefficient (Wildman–Crippen LogP) is 2.70. The predicted molar refractivity (Wildman–Crippen MR) is 91.5 cm³/mol. The van der Waals surface area contributed by atoms with E-state index in [0.717, 1.165) is 43.6 Å². The van der Waals surface area contributed by atoms with Crippen LogP contribution in [-0.4, -0.2) is 38.0 Å². The van der Waals surface area contributed by atoms with Crippen molar-refractivity contribution in [1.29, 1.82) is 0 Å². The topological polar surface area (TPSA) is 65.0 Å². The monoisotopic (exact) mass is 334 g/mol. The summed E-state index contributed by atoms with van der Waals surface area (Å²) in [6.45, 7) is 1.32. The average Bonchev–Trinajstić information content (AvgIpc) is 2.62. The molecule has 0 fully saturated rings. The van der Waals surface area contributed by atoms with Gasteiger partial charge < -0.3 is 19.3 Å². The molecule has 0 aliphatic carbocycles. The highest BCUT2D eigenvalue weighted by Crippen LogP contribution is 2.12. The smallest absolute Gasteiger partial charge is 0.384 e. The number of carbonyl (C=O) groups excluding carboxylic acids is 1. The molecule has 0 unspecified atom stereocenters. The van der Waals surface area contributed by atoms with Gasteiger partial charge in [-0.3, -0.25) is 0 Å². The van der Waals surface area contributed by atoms with Crippen molar-refractivity contribution in [1.82, 2.24) is 0 Å². The van der Waals surface area contributed by atoms with Crippen molar-refractivity contribution in [3.8, 4) is 17.6 Å². The van der Waals surface area contributed by atoms with E-state index in [1.807, 2.05) is 24.3 Å². The fourth-order valence-electron chi connectivity index (χ4n) is 2.07. The third-order valence-corrected chi connectivity index (χ3v) is 3.47. The van der Waals surface area contributed by atoms with Crippen LogP contribution in [0.15, 0.2) is 24.3 Å². The Morgan fingerprint density at radius 2 is 1.83 bits per heavy atom. The zero-order valence-electron chi connectivity index (χ0n) is 14.4. The molecule has 1 aromatic rings. The molecule has 0 spiro atoms. The number of methoxy groups -OCH3 is 2. The van der Waals surface area contributed by atoms with Gasteiger partial charge in [0.25, 0.3) is 0 Å². The minimum absolute atomic E-state index is 0.566. The standard InChI is InChI=1S/C19H26O5/c1-22-18-11-8-16(9-12-18)15-24-14-6-4-3-5-7-17(20)10-13-19(21)23-2/h8-9,11-12,17,20H,3-7,14-15H2,1-2H3/t17-/m0/s1. The first-order valence-corrected chi connectivity index (χ1v) is 8.14. The molecule has 0 radical (unpaired) electrons. The molecule has 5 heteroatoms. The van der Waals surface area contributed by atoms with Gasteiger partial charge in [0.1, 0.15) is 11.9 Å². The molecular formula is C19H26O5. The normalized spacial score (nSPS) is 11.3. The van der Waals surface area contributed by atoms with E-state index in [1.54, 1.807) is 7.11 Å². The maximum absolute atomic E-state index is 10.8. The van der Waals surface area contributed by atoms with E-state index < -0.39 is 12.1 Å². The number of benzene rings is 1. The minimum atomic E-state index is -0.768. The number of aliphatic hydroxyl groups excluding tert-OH is 1. The molecule has 0 amide bonds. The zero-order chi connectivity index (χ0) is 17.6. The van der Waals surface area contributed by atoms with Crippen molar-refractivity contribution in [2.45, 2.75) is 44.8 Å². The van der Waals surface area contributed by atoms with Crippen LogP contribution in [0, 0.1) is 11.8 Å². The third-order valence-electron chi connectivity index (χ3n) is 3.47. The summed E-state index contributed by atoms with van der Waals surface area (Å²) in [5, 5.41) is 9.58. The number of aliphatic hydroxyl groups is 1. The van der Waals surface area contributed by atoms with Crippen molar-refractivity contribution >= 4 is 5.97 Å². The molecule has 1 N–H and O–H groups in total. The van der Waals surface area contributed by atoms with Crippen LogP contribution in [0.3, 0.4) is 0 Å². The summed E-state index contributed by atoms with van der Waals surface area (Å²) in [6, 6.07) is 7.84. The Hall–Kier alpha value is -2.03. The summed E-state index contributed by atoms with van der Waals surface area (Å²) in [5.41, 5.74) is 1.13. The fraction of sp³-hybridized carbons (Fsp3) is 0.526. The van der Waals surface area contributed by atoms with Crippen LogP contribution in [-0.2, 0) is 20.9 Å². The van der Waals surface area contributed by atoms with Gasteiger partial charge in [-0.15, -0.1) is 0 Å². The molecule has 1 atom stereocenters. The molecule has 0 aliphatic heterocycles. The van der Waals surface area contributed by atoms with Gasteiger partial charge in [-0.25, -0.2) is 4.79 Å². The van der Waals surface area contributed by atoms with Crippen LogP contribution in [0.2, 0.25) is 0 Å². The Balaban J connectivity index is 2.00. The van der Waals surface area contributed by atoms with E-state index in [-0.39, 0.29) is 0 Å². The summed E-state index contributed by atoms with van der Waals surface area (Å²) in [5.74, 6) is 4.93. The van der Waals surface area contributed by atoms with E-state index in [0.29, 0.717) is 13.0 Å². The summed E-state index contributed by atoms with van der Waals surface area (Å²) in [7, 11) is 2.91. The lowest BCUT2D eigenvalue weighted by atomic mass is 10.1. The van der Waals surface area contributed by atoms with Crippen molar-refractivity contribution < 1.29 is 24.1 Å². The number of hydrogen-bond donors (Lipinski definition) is 1. The Morgan fingerprint density at radius 3 is 2.50 bits per heavy atom. The van der Waals surface area contributed by atoms with Crippen molar-refractivity contribution in [2.24, 2.45) is 0 Å². The molecule has 132 valence electrons. The number of carbonyl (C=O) groups is 1. The summed E-state index contributed by atoms with van der Waals surface area (Å²) in [6.07, 6.45) is 3.70. The Kier molecular flexibility index (Phi) is 10.3. The van der Waals surface area contributed by atoms with Crippen LogP contribution in [0.1, 0.15) is 37.7 Å². The second-order valence-corrected chi connectivity index (χ2v) is 5.38. The molecular weight excluding hydrogens is 308 g/mol. The largest absolute Gasteiger partial charge is 0.497 e. The van der Waals surface area contributed by atoms with Gasteiger partial charge in [-0.05, 0) is 37.0 Å². The highest BCUT2D eigenvalue weighted by atomic mass is 16.5. The molecule has 1 aromatic carbocycles. The molecule has 0 aromatic heterocycles. The van der Waals surface area contributed by atoms with Crippen molar-refractivity contribution in [2.75, 3.05) is 20.8 Å².